The van der Waals surface area contributed by atoms with Crippen molar-refractivity contribution >= 4 is 0 Å². The van der Waals surface area contributed by atoms with E-state index in [2.05, 4.69) is 24.3 Å². The van der Waals surface area contributed by atoms with Crippen LogP contribution in [0.3, 0.4) is 0 Å². The molecule has 0 aliphatic rings. The third-order valence-electron chi connectivity index (χ3n) is 1.77. The van der Waals surface area contributed by atoms with E-state index in [1.165, 1.54) is 11.1 Å². The average molecular weight is 145 g/mol. The van der Waals surface area contributed by atoms with Crippen molar-refractivity contribution in [1.82, 2.24) is 0 Å². The molecule has 0 unspecified atom stereocenters. The molecule has 0 saturated carbocycles. The van der Waals surface area contributed by atoms with Gasteiger partial charge in [0.15, 0.2) is 0 Å². The molecule has 0 saturated heterocycles. The Morgan fingerprint density at radius 3 is 2.73 bits per heavy atom. The van der Waals surface area contributed by atoms with Crippen LogP contribution in [0.25, 0.3) is 0 Å². The van der Waals surface area contributed by atoms with E-state index in [1.807, 2.05) is 13.8 Å². The highest BCUT2D eigenvalue weighted by Crippen LogP contribution is 2.10. The van der Waals surface area contributed by atoms with Crippen LogP contribution in [-0.4, -0.2) is 0 Å². The second kappa shape index (κ2) is 3.21. The van der Waals surface area contributed by atoms with Gasteiger partial charge in [-0.1, -0.05) is 23.8 Å². The zero-order valence-electron chi connectivity index (χ0n) is 6.89. The zero-order valence-corrected chi connectivity index (χ0v) is 6.89. The summed E-state index contributed by atoms with van der Waals surface area (Å²) in [7, 11) is 0. The maximum absolute atomic E-state index is 8.49. The predicted molar refractivity (Wildman–Crippen MR) is 45.2 cm³/mol. The van der Waals surface area contributed by atoms with Gasteiger partial charge < -0.3 is 0 Å². The lowest BCUT2D eigenvalue weighted by atomic mass is 10.0. The van der Waals surface area contributed by atoms with Crippen LogP contribution in [-0.2, 0) is 6.42 Å². The van der Waals surface area contributed by atoms with E-state index in [0.717, 1.165) is 5.56 Å². The van der Waals surface area contributed by atoms with Crippen molar-refractivity contribution in [2.75, 3.05) is 0 Å². The second-order valence-electron chi connectivity index (χ2n) is 2.76. The molecule has 0 amide bonds. The molecule has 1 aromatic rings. The van der Waals surface area contributed by atoms with Gasteiger partial charge in [0.25, 0.3) is 0 Å². The van der Waals surface area contributed by atoms with Gasteiger partial charge in [-0.15, -0.1) is 0 Å². The number of nitriles is 1. The van der Waals surface area contributed by atoms with Crippen LogP contribution in [0.2, 0.25) is 0 Å². The molecule has 1 aromatic carbocycles. The van der Waals surface area contributed by atoms with Crippen molar-refractivity contribution < 1.29 is 0 Å². The summed E-state index contributed by atoms with van der Waals surface area (Å²) < 4.78 is 0. The summed E-state index contributed by atoms with van der Waals surface area (Å²) in [5, 5.41) is 8.49. The second-order valence-corrected chi connectivity index (χ2v) is 2.76. The first-order valence-corrected chi connectivity index (χ1v) is 3.67. The Kier molecular flexibility index (Phi) is 2.28. The summed E-state index contributed by atoms with van der Waals surface area (Å²) in [6.07, 6.45) is 0.521. The zero-order chi connectivity index (χ0) is 8.27. The van der Waals surface area contributed by atoms with Crippen molar-refractivity contribution in [3.05, 3.63) is 34.9 Å². The van der Waals surface area contributed by atoms with Crippen molar-refractivity contribution in [3.63, 3.8) is 0 Å². The molecule has 0 fully saturated rings. The predicted octanol–water partition coefficient (Wildman–Crippen LogP) is 2.37. The third kappa shape index (κ3) is 1.81. The fourth-order valence-electron chi connectivity index (χ4n) is 1.08. The molecule has 1 nitrogen and oxygen atoms in total. The molecule has 0 bridgehead atoms. The first-order chi connectivity index (χ1) is 5.24. The monoisotopic (exact) mass is 145 g/mol. The van der Waals surface area contributed by atoms with Crippen LogP contribution in [0.4, 0.5) is 0 Å². The molecular weight excluding hydrogens is 134 g/mol. The van der Waals surface area contributed by atoms with Gasteiger partial charge in [-0.2, -0.15) is 5.26 Å². The van der Waals surface area contributed by atoms with Gasteiger partial charge in [0.2, 0.25) is 0 Å². The van der Waals surface area contributed by atoms with Crippen LogP contribution < -0.4 is 0 Å². The smallest absolute Gasteiger partial charge is 0.0669 e. The van der Waals surface area contributed by atoms with Crippen LogP contribution in [0.1, 0.15) is 16.7 Å². The van der Waals surface area contributed by atoms with Crippen molar-refractivity contribution in [2.45, 2.75) is 20.3 Å². The molecule has 1 rings (SSSR count). The molecule has 0 atom stereocenters. The van der Waals surface area contributed by atoms with Gasteiger partial charge in [0.05, 0.1) is 12.5 Å². The number of rotatable bonds is 1. The summed E-state index contributed by atoms with van der Waals surface area (Å²) in [6.45, 7) is 4.08. The van der Waals surface area contributed by atoms with Crippen LogP contribution >= 0.6 is 0 Å². The minimum absolute atomic E-state index is 0.521. The number of nitrogens with zero attached hydrogens (tertiary/aromatic N) is 1. The fraction of sp³-hybridized carbons (Fsp3) is 0.300. The quantitative estimate of drug-likeness (QED) is 0.595. The lowest BCUT2D eigenvalue weighted by molar-refractivity contribution is 1.20. The van der Waals surface area contributed by atoms with Gasteiger partial charge in [-0.3, -0.25) is 0 Å². The molecule has 0 aromatic heterocycles. The highest BCUT2D eigenvalue weighted by atomic mass is 14.2. The van der Waals surface area contributed by atoms with E-state index in [1.54, 1.807) is 0 Å². The van der Waals surface area contributed by atoms with Crippen LogP contribution in [0, 0.1) is 25.2 Å². The van der Waals surface area contributed by atoms with Crippen LogP contribution in [0.5, 0.6) is 0 Å². The van der Waals surface area contributed by atoms with E-state index in [9.17, 15) is 0 Å². The molecule has 11 heavy (non-hydrogen) atoms. The molecule has 1 heteroatoms. The maximum atomic E-state index is 8.49. The first kappa shape index (κ1) is 7.81. The average Bonchev–Trinajstić information content (AvgIpc) is 1.98. The Labute approximate surface area is 67.3 Å². The Hall–Kier alpha value is -1.29. The van der Waals surface area contributed by atoms with Gasteiger partial charge in [-0.05, 0) is 25.0 Å². The Bertz CT molecular complexity index is 294. The van der Waals surface area contributed by atoms with Gasteiger partial charge in [-0.25, -0.2) is 0 Å². The third-order valence-corrected chi connectivity index (χ3v) is 1.77. The lowest BCUT2D eigenvalue weighted by Gasteiger charge is -2.01. The normalized spacial score (nSPS) is 9.18. The minimum atomic E-state index is 0.521. The SMILES string of the molecule is Cc1ccc(C)c(CC#N)c1. The number of hydrogen-bond acceptors (Lipinski definition) is 1. The van der Waals surface area contributed by atoms with E-state index in [4.69, 9.17) is 5.26 Å². The van der Waals surface area contributed by atoms with E-state index in [0.29, 0.717) is 6.42 Å². The largest absolute Gasteiger partial charge is 0.198 e. The maximum Gasteiger partial charge on any atom is 0.0669 e. The van der Waals surface area contributed by atoms with Gasteiger partial charge in [0, 0.05) is 0 Å². The molecule has 0 aliphatic carbocycles. The minimum Gasteiger partial charge on any atom is -0.198 e. The first-order valence-electron chi connectivity index (χ1n) is 3.67. The van der Waals surface area contributed by atoms with Crippen LogP contribution in [0.15, 0.2) is 18.2 Å². The molecule has 0 heterocycles. The summed E-state index contributed by atoms with van der Waals surface area (Å²) >= 11 is 0. The molecule has 0 radical (unpaired) electrons. The Balaban J connectivity index is 3.05. The topological polar surface area (TPSA) is 23.8 Å². The summed E-state index contributed by atoms with van der Waals surface area (Å²) in [5.41, 5.74) is 3.57. The molecule has 0 spiro atoms. The molecule has 56 valence electrons. The standard InChI is InChI=1S/C10H11N/c1-8-3-4-9(2)10(7-8)5-6-11/h3-4,7H,5H2,1-2H3. The Morgan fingerprint density at radius 2 is 2.09 bits per heavy atom. The fourth-order valence-corrected chi connectivity index (χ4v) is 1.08. The van der Waals surface area contributed by atoms with Crippen molar-refractivity contribution in [3.8, 4) is 6.07 Å². The lowest BCUT2D eigenvalue weighted by Crippen LogP contribution is -1.87. The number of aryl methyl sites for hydroxylation is 2. The van der Waals surface area contributed by atoms with E-state index in [-0.39, 0.29) is 0 Å². The number of benzene rings is 1. The molecule has 0 N–H and O–H groups in total. The summed E-state index contributed by atoms with van der Waals surface area (Å²) in [4.78, 5) is 0. The van der Waals surface area contributed by atoms with Crippen molar-refractivity contribution in [1.29, 1.82) is 5.26 Å². The van der Waals surface area contributed by atoms with Crippen molar-refractivity contribution in [2.24, 2.45) is 0 Å². The molecular formula is C10H11N. The number of hydrogen-bond donors (Lipinski definition) is 0. The Morgan fingerprint density at radius 1 is 1.36 bits per heavy atom. The van der Waals surface area contributed by atoms with E-state index < -0.39 is 0 Å². The summed E-state index contributed by atoms with van der Waals surface area (Å²) in [6, 6.07) is 8.34. The highest BCUT2D eigenvalue weighted by Gasteiger charge is 1.96. The van der Waals surface area contributed by atoms with Gasteiger partial charge in [0.1, 0.15) is 0 Å². The molecule has 0 aliphatic heterocycles. The highest BCUT2D eigenvalue weighted by molar-refractivity contribution is 5.32. The van der Waals surface area contributed by atoms with E-state index >= 15 is 0 Å². The van der Waals surface area contributed by atoms with Gasteiger partial charge >= 0.3 is 0 Å². The summed E-state index contributed by atoms with van der Waals surface area (Å²) in [5.74, 6) is 0.